The van der Waals surface area contributed by atoms with E-state index in [-0.39, 0.29) is 12.2 Å². The highest BCUT2D eigenvalue weighted by atomic mass is 16.5. The third-order valence-corrected chi connectivity index (χ3v) is 4.31. The summed E-state index contributed by atoms with van der Waals surface area (Å²) in [5.41, 5.74) is 2.48. The minimum absolute atomic E-state index is 0.0791. The zero-order valence-corrected chi connectivity index (χ0v) is 15.9. The van der Waals surface area contributed by atoms with Crippen molar-refractivity contribution in [3.63, 3.8) is 0 Å². The van der Waals surface area contributed by atoms with Crippen LogP contribution in [0.2, 0.25) is 0 Å². The summed E-state index contributed by atoms with van der Waals surface area (Å²) >= 11 is 0. The van der Waals surface area contributed by atoms with Crippen LogP contribution in [0.5, 0.6) is 17.2 Å². The number of methoxy groups -OCH3 is 2. The first kappa shape index (κ1) is 19.1. The molecular formula is C22H20N2O4. The molecule has 0 amide bonds. The smallest absolute Gasteiger partial charge is 0.266 e. The number of aromatic nitrogens is 1. The topological polar surface area (TPSA) is 84.3 Å². The molecule has 0 saturated heterocycles. The maximum Gasteiger partial charge on any atom is 0.266 e. The summed E-state index contributed by atoms with van der Waals surface area (Å²) in [4.78, 5) is 14.8. The highest BCUT2D eigenvalue weighted by Gasteiger charge is 2.13. The van der Waals surface area contributed by atoms with E-state index in [1.807, 2.05) is 36.4 Å². The number of nitriles is 1. The Morgan fingerprint density at radius 1 is 1.04 bits per heavy atom. The SMILES string of the molecule is COc1cccc(OCc2cc(-c3cc(C)[nH]c(=O)c3C#N)ccc2OC)c1. The van der Waals surface area contributed by atoms with E-state index < -0.39 is 5.56 Å². The third kappa shape index (κ3) is 3.99. The van der Waals surface area contributed by atoms with Crippen molar-refractivity contribution >= 4 is 0 Å². The van der Waals surface area contributed by atoms with Gasteiger partial charge in [-0.2, -0.15) is 5.26 Å². The van der Waals surface area contributed by atoms with Gasteiger partial charge in [-0.1, -0.05) is 12.1 Å². The number of rotatable bonds is 6. The maximum absolute atomic E-state index is 12.1. The van der Waals surface area contributed by atoms with Crippen LogP contribution in [0.4, 0.5) is 0 Å². The fourth-order valence-corrected chi connectivity index (χ4v) is 2.94. The molecule has 3 rings (SSSR count). The standard InChI is InChI=1S/C22H20N2O4/c1-14-9-19(20(12-23)22(25)24-14)15-7-8-21(27-3)16(10-15)13-28-18-6-4-5-17(11-18)26-2/h4-11H,13H2,1-3H3,(H,24,25). The molecule has 0 aliphatic rings. The van der Waals surface area contributed by atoms with Gasteiger partial charge in [-0.05, 0) is 42.8 Å². The summed E-state index contributed by atoms with van der Waals surface area (Å²) in [6.45, 7) is 2.04. The first-order valence-electron chi connectivity index (χ1n) is 8.64. The van der Waals surface area contributed by atoms with Gasteiger partial charge in [0.2, 0.25) is 0 Å². The minimum atomic E-state index is -0.400. The molecule has 0 atom stereocenters. The molecule has 0 bridgehead atoms. The van der Waals surface area contributed by atoms with Gasteiger partial charge < -0.3 is 19.2 Å². The number of nitrogens with zero attached hydrogens (tertiary/aromatic N) is 1. The second-order valence-corrected chi connectivity index (χ2v) is 6.18. The van der Waals surface area contributed by atoms with Crippen LogP contribution in [0.3, 0.4) is 0 Å². The van der Waals surface area contributed by atoms with Crippen molar-refractivity contribution < 1.29 is 14.2 Å². The molecule has 142 valence electrons. The Labute approximate surface area is 162 Å². The number of aromatic amines is 1. The molecule has 28 heavy (non-hydrogen) atoms. The van der Waals surface area contributed by atoms with E-state index >= 15 is 0 Å². The van der Waals surface area contributed by atoms with E-state index in [1.54, 1.807) is 39.3 Å². The largest absolute Gasteiger partial charge is 0.497 e. The van der Waals surface area contributed by atoms with Gasteiger partial charge in [0.05, 0.1) is 14.2 Å². The summed E-state index contributed by atoms with van der Waals surface area (Å²) in [5.74, 6) is 2.03. The number of pyridine rings is 1. The van der Waals surface area contributed by atoms with Crippen molar-refractivity contribution in [3.8, 4) is 34.4 Å². The normalized spacial score (nSPS) is 10.2. The van der Waals surface area contributed by atoms with Gasteiger partial charge in [0.1, 0.15) is 35.5 Å². The Kier molecular flexibility index (Phi) is 5.66. The van der Waals surface area contributed by atoms with E-state index in [0.29, 0.717) is 28.5 Å². The highest BCUT2D eigenvalue weighted by Crippen LogP contribution is 2.29. The summed E-state index contributed by atoms with van der Waals surface area (Å²) in [7, 11) is 3.18. The maximum atomic E-state index is 12.1. The van der Waals surface area contributed by atoms with Crippen LogP contribution in [0.1, 0.15) is 16.8 Å². The predicted molar refractivity (Wildman–Crippen MR) is 106 cm³/mol. The van der Waals surface area contributed by atoms with Crippen molar-refractivity contribution in [1.82, 2.24) is 4.98 Å². The number of H-pyrrole nitrogens is 1. The van der Waals surface area contributed by atoms with Gasteiger partial charge in [-0.25, -0.2) is 0 Å². The number of hydrogen-bond donors (Lipinski definition) is 1. The number of nitrogens with one attached hydrogen (secondary N) is 1. The monoisotopic (exact) mass is 376 g/mol. The lowest BCUT2D eigenvalue weighted by atomic mass is 9.99. The van der Waals surface area contributed by atoms with Crippen molar-refractivity contribution in [2.75, 3.05) is 14.2 Å². The zero-order valence-electron chi connectivity index (χ0n) is 15.9. The van der Waals surface area contributed by atoms with Gasteiger partial charge in [0, 0.05) is 22.9 Å². The van der Waals surface area contributed by atoms with E-state index in [4.69, 9.17) is 14.2 Å². The summed E-state index contributed by atoms with van der Waals surface area (Å²) in [6.07, 6.45) is 0. The lowest BCUT2D eigenvalue weighted by molar-refractivity contribution is 0.294. The third-order valence-electron chi connectivity index (χ3n) is 4.31. The molecule has 6 nitrogen and oxygen atoms in total. The molecule has 6 heteroatoms. The van der Waals surface area contributed by atoms with Crippen LogP contribution >= 0.6 is 0 Å². The molecule has 0 radical (unpaired) electrons. The molecule has 0 saturated carbocycles. The first-order valence-corrected chi connectivity index (χ1v) is 8.64. The van der Waals surface area contributed by atoms with Gasteiger partial charge in [-0.15, -0.1) is 0 Å². The molecule has 0 fully saturated rings. The van der Waals surface area contributed by atoms with Gasteiger partial charge in [0.25, 0.3) is 5.56 Å². The Bertz CT molecular complexity index is 1100. The second kappa shape index (κ2) is 8.31. The number of ether oxygens (including phenoxy) is 3. The van der Waals surface area contributed by atoms with Crippen molar-refractivity contribution in [2.24, 2.45) is 0 Å². The van der Waals surface area contributed by atoms with Crippen molar-refractivity contribution in [3.05, 3.63) is 75.7 Å². The highest BCUT2D eigenvalue weighted by molar-refractivity contribution is 5.71. The molecule has 2 aromatic carbocycles. The van der Waals surface area contributed by atoms with E-state index in [1.165, 1.54) is 0 Å². The molecule has 3 aromatic rings. The second-order valence-electron chi connectivity index (χ2n) is 6.18. The van der Waals surface area contributed by atoms with Crippen LogP contribution in [-0.4, -0.2) is 19.2 Å². The lowest BCUT2D eigenvalue weighted by Gasteiger charge is -2.13. The zero-order chi connectivity index (χ0) is 20.1. The van der Waals surface area contributed by atoms with Crippen LogP contribution in [-0.2, 0) is 6.61 Å². The first-order chi connectivity index (χ1) is 13.5. The van der Waals surface area contributed by atoms with Crippen molar-refractivity contribution in [1.29, 1.82) is 5.26 Å². The fourth-order valence-electron chi connectivity index (χ4n) is 2.94. The number of benzene rings is 2. The molecule has 1 heterocycles. The Morgan fingerprint density at radius 3 is 2.54 bits per heavy atom. The molecule has 0 aliphatic carbocycles. The minimum Gasteiger partial charge on any atom is -0.497 e. The number of hydrogen-bond acceptors (Lipinski definition) is 5. The summed E-state index contributed by atoms with van der Waals surface area (Å²) in [6, 6.07) is 16.6. The lowest BCUT2D eigenvalue weighted by Crippen LogP contribution is -2.12. The van der Waals surface area contributed by atoms with E-state index in [0.717, 1.165) is 11.1 Å². The van der Waals surface area contributed by atoms with Crippen LogP contribution in [0, 0.1) is 18.3 Å². The van der Waals surface area contributed by atoms with Gasteiger partial charge in [-0.3, -0.25) is 4.79 Å². The summed E-state index contributed by atoms with van der Waals surface area (Å²) in [5, 5.41) is 9.39. The van der Waals surface area contributed by atoms with Crippen LogP contribution in [0.15, 0.2) is 53.3 Å². The van der Waals surface area contributed by atoms with E-state index in [9.17, 15) is 10.1 Å². The Hall–Kier alpha value is -3.72. The molecule has 0 unspecified atom stereocenters. The van der Waals surface area contributed by atoms with Crippen LogP contribution < -0.4 is 19.8 Å². The quantitative estimate of drug-likeness (QED) is 0.707. The van der Waals surface area contributed by atoms with Gasteiger partial charge >= 0.3 is 0 Å². The molecule has 1 N–H and O–H groups in total. The fraction of sp³-hybridized carbons (Fsp3) is 0.182. The van der Waals surface area contributed by atoms with Crippen molar-refractivity contribution in [2.45, 2.75) is 13.5 Å². The molecular weight excluding hydrogens is 356 g/mol. The summed E-state index contributed by atoms with van der Waals surface area (Å²) < 4.78 is 16.5. The number of aryl methyl sites for hydroxylation is 1. The van der Waals surface area contributed by atoms with Gasteiger partial charge in [0.15, 0.2) is 0 Å². The molecule has 1 aromatic heterocycles. The van der Waals surface area contributed by atoms with E-state index in [2.05, 4.69) is 4.98 Å². The molecule has 0 spiro atoms. The average molecular weight is 376 g/mol. The molecule has 0 aliphatic heterocycles. The average Bonchev–Trinajstić information content (AvgIpc) is 2.71. The van der Waals surface area contributed by atoms with Crippen LogP contribution in [0.25, 0.3) is 11.1 Å². The predicted octanol–water partition coefficient (Wildman–Crippen LogP) is 3.82. The Morgan fingerprint density at radius 2 is 1.82 bits per heavy atom. The Balaban J connectivity index is 1.97.